The topological polar surface area (TPSA) is 84.0 Å². The number of rotatable bonds is 6. The van der Waals surface area contributed by atoms with E-state index in [0.29, 0.717) is 11.1 Å². The highest BCUT2D eigenvalue weighted by atomic mass is 79.9. The first-order valence-corrected chi connectivity index (χ1v) is 7.17. The maximum Gasteiger partial charge on any atom is 0.235 e. The van der Waals surface area contributed by atoms with Gasteiger partial charge in [-0.05, 0) is 22.5 Å². The van der Waals surface area contributed by atoms with Crippen LogP contribution in [0.15, 0.2) is 17.0 Å². The molecule has 1 aromatic rings. The van der Waals surface area contributed by atoms with Crippen LogP contribution in [-0.2, 0) is 10.0 Å². The van der Waals surface area contributed by atoms with E-state index in [2.05, 4.69) is 35.9 Å². The van der Waals surface area contributed by atoms with Crippen molar-refractivity contribution in [2.45, 2.75) is 6.92 Å². The standard InChI is InChI=1S/C8H13BrN4O2S/c1-2-10-3-4-16(14,15)13-8-6-11-7(9)5-12-8/h5-6,10H,2-4H2,1H3,(H,12,13). The van der Waals surface area contributed by atoms with Crippen molar-refractivity contribution in [3.05, 3.63) is 17.0 Å². The summed E-state index contributed by atoms with van der Waals surface area (Å²) in [5.74, 6) is 0.234. The quantitative estimate of drug-likeness (QED) is 0.752. The van der Waals surface area contributed by atoms with E-state index in [4.69, 9.17) is 0 Å². The van der Waals surface area contributed by atoms with E-state index in [1.54, 1.807) is 0 Å². The Balaban J connectivity index is 2.55. The second-order valence-electron chi connectivity index (χ2n) is 3.00. The molecule has 0 bridgehead atoms. The van der Waals surface area contributed by atoms with Gasteiger partial charge in [-0.2, -0.15) is 0 Å². The molecular formula is C8H13BrN4O2S. The van der Waals surface area contributed by atoms with E-state index in [0.717, 1.165) is 6.54 Å². The van der Waals surface area contributed by atoms with Gasteiger partial charge in [-0.3, -0.25) is 4.72 Å². The molecule has 0 amide bonds. The lowest BCUT2D eigenvalue weighted by Gasteiger charge is -2.06. The molecule has 1 rings (SSSR count). The van der Waals surface area contributed by atoms with Crippen LogP contribution in [-0.4, -0.2) is 37.2 Å². The summed E-state index contributed by atoms with van der Waals surface area (Å²) < 4.78 is 26.0. The summed E-state index contributed by atoms with van der Waals surface area (Å²) in [5.41, 5.74) is 0. The van der Waals surface area contributed by atoms with Crippen LogP contribution in [0.5, 0.6) is 0 Å². The van der Waals surface area contributed by atoms with Crippen molar-refractivity contribution in [1.82, 2.24) is 15.3 Å². The lowest BCUT2D eigenvalue weighted by molar-refractivity contribution is 0.597. The van der Waals surface area contributed by atoms with E-state index < -0.39 is 10.0 Å². The number of sulfonamides is 1. The maximum absolute atomic E-state index is 11.5. The molecule has 0 aliphatic carbocycles. The van der Waals surface area contributed by atoms with Crippen molar-refractivity contribution < 1.29 is 8.42 Å². The third-order valence-electron chi connectivity index (χ3n) is 1.68. The van der Waals surface area contributed by atoms with Crippen molar-refractivity contribution in [3.8, 4) is 0 Å². The number of halogens is 1. The summed E-state index contributed by atoms with van der Waals surface area (Å²) in [6.45, 7) is 3.07. The third kappa shape index (κ3) is 4.86. The predicted octanol–water partition coefficient (Wildman–Crippen LogP) is 0.590. The summed E-state index contributed by atoms with van der Waals surface area (Å²) in [4.78, 5) is 7.74. The van der Waals surface area contributed by atoms with E-state index in [-0.39, 0.29) is 11.6 Å². The Hall–Kier alpha value is -0.730. The zero-order valence-electron chi connectivity index (χ0n) is 8.77. The second-order valence-corrected chi connectivity index (χ2v) is 5.65. The summed E-state index contributed by atoms with van der Waals surface area (Å²) >= 11 is 3.12. The van der Waals surface area contributed by atoms with Crippen molar-refractivity contribution in [2.75, 3.05) is 23.6 Å². The first-order valence-electron chi connectivity index (χ1n) is 4.72. The maximum atomic E-state index is 11.5. The third-order valence-corrected chi connectivity index (χ3v) is 3.35. The Kier molecular flexibility index (Phi) is 5.10. The van der Waals surface area contributed by atoms with Crippen LogP contribution in [0.2, 0.25) is 0 Å². The van der Waals surface area contributed by atoms with Gasteiger partial charge in [0, 0.05) is 6.54 Å². The monoisotopic (exact) mass is 308 g/mol. The van der Waals surface area contributed by atoms with Gasteiger partial charge in [-0.15, -0.1) is 0 Å². The predicted molar refractivity (Wildman–Crippen MR) is 65.7 cm³/mol. The Labute approximate surface area is 103 Å². The van der Waals surface area contributed by atoms with Gasteiger partial charge in [0.15, 0.2) is 5.82 Å². The van der Waals surface area contributed by atoms with Crippen molar-refractivity contribution in [1.29, 1.82) is 0 Å². The van der Waals surface area contributed by atoms with Gasteiger partial charge < -0.3 is 5.32 Å². The average Bonchev–Trinajstić information content (AvgIpc) is 2.21. The van der Waals surface area contributed by atoms with Gasteiger partial charge in [0.2, 0.25) is 10.0 Å². The van der Waals surface area contributed by atoms with Crippen molar-refractivity contribution in [2.24, 2.45) is 0 Å². The number of aromatic nitrogens is 2. The lowest BCUT2D eigenvalue weighted by Crippen LogP contribution is -2.26. The fourth-order valence-corrected chi connectivity index (χ4v) is 2.10. The van der Waals surface area contributed by atoms with Crippen LogP contribution >= 0.6 is 15.9 Å². The highest BCUT2D eigenvalue weighted by Gasteiger charge is 2.10. The molecule has 0 aromatic carbocycles. The van der Waals surface area contributed by atoms with Gasteiger partial charge in [-0.25, -0.2) is 18.4 Å². The summed E-state index contributed by atoms with van der Waals surface area (Å²) in [6.07, 6.45) is 2.79. The molecular weight excluding hydrogens is 296 g/mol. The Morgan fingerprint density at radius 2 is 2.12 bits per heavy atom. The lowest BCUT2D eigenvalue weighted by atomic mass is 10.7. The van der Waals surface area contributed by atoms with Crippen LogP contribution in [0, 0.1) is 0 Å². The molecule has 1 heterocycles. The SMILES string of the molecule is CCNCCS(=O)(=O)Nc1cnc(Br)cn1. The van der Waals surface area contributed by atoms with E-state index in [1.165, 1.54) is 12.4 Å². The molecule has 0 aliphatic rings. The molecule has 0 fully saturated rings. The molecule has 0 unspecified atom stereocenters. The molecule has 8 heteroatoms. The number of nitrogens with zero attached hydrogens (tertiary/aromatic N) is 2. The first kappa shape index (κ1) is 13.3. The smallest absolute Gasteiger partial charge is 0.235 e. The Morgan fingerprint density at radius 3 is 2.69 bits per heavy atom. The molecule has 0 atom stereocenters. The molecule has 0 aliphatic heterocycles. The van der Waals surface area contributed by atoms with Crippen molar-refractivity contribution in [3.63, 3.8) is 0 Å². The molecule has 2 N–H and O–H groups in total. The minimum atomic E-state index is -3.35. The molecule has 1 aromatic heterocycles. The Morgan fingerprint density at radius 1 is 1.38 bits per heavy atom. The minimum Gasteiger partial charge on any atom is -0.316 e. The molecule has 0 spiro atoms. The molecule has 16 heavy (non-hydrogen) atoms. The summed E-state index contributed by atoms with van der Waals surface area (Å²) in [7, 11) is -3.35. The number of hydrogen-bond acceptors (Lipinski definition) is 5. The molecule has 90 valence electrons. The minimum absolute atomic E-state index is 0.0125. The van der Waals surface area contributed by atoms with E-state index in [9.17, 15) is 8.42 Å². The van der Waals surface area contributed by atoms with Crippen LogP contribution in [0.3, 0.4) is 0 Å². The molecule has 6 nitrogen and oxygen atoms in total. The van der Waals surface area contributed by atoms with Crippen LogP contribution < -0.4 is 10.0 Å². The van der Waals surface area contributed by atoms with Gasteiger partial charge in [0.05, 0.1) is 18.1 Å². The van der Waals surface area contributed by atoms with Gasteiger partial charge in [0.1, 0.15) is 4.60 Å². The molecule has 0 saturated carbocycles. The van der Waals surface area contributed by atoms with Crippen molar-refractivity contribution >= 4 is 31.8 Å². The normalized spacial score (nSPS) is 11.4. The zero-order chi connectivity index (χ0) is 12.0. The number of hydrogen-bond donors (Lipinski definition) is 2. The second kappa shape index (κ2) is 6.12. The fraction of sp³-hybridized carbons (Fsp3) is 0.500. The Bertz CT molecular complexity index is 420. The fourth-order valence-electron chi connectivity index (χ4n) is 0.959. The largest absolute Gasteiger partial charge is 0.316 e. The molecule has 0 radical (unpaired) electrons. The number of anilines is 1. The van der Waals surface area contributed by atoms with Gasteiger partial charge in [-0.1, -0.05) is 6.92 Å². The van der Waals surface area contributed by atoms with Crippen LogP contribution in [0.4, 0.5) is 5.82 Å². The van der Waals surface area contributed by atoms with Gasteiger partial charge in [0.25, 0.3) is 0 Å². The average molecular weight is 309 g/mol. The number of nitrogens with one attached hydrogen (secondary N) is 2. The van der Waals surface area contributed by atoms with Gasteiger partial charge >= 0.3 is 0 Å². The first-order chi connectivity index (χ1) is 7.53. The highest BCUT2D eigenvalue weighted by molar-refractivity contribution is 9.10. The summed E-state index contributed by atoms with van der Waals surface area (Å²) in [6, 6.07) is 0. The van der Waals surface area contributed by atoms with Crippen LogP contribution in [0.25, 0.3) is 0 Å². The highest BCUT2D eigenvalue weighted by Crippen LogP contribution is 2.07. The van der Waals surface area contributed by atoms with E-state index >= 15 is 0 Å². The van der Waals surface area contributed by atoms with Crippen LogP contribution in [0.1, 0.15) is 6.92 Å². The summed E-state index contributed by atoms with van der Waals surface area (Å²) in [5, 5.41) is 2.94. The zero-order valence-corrected chi connectivity index (χ0v) is 11.2. The van der Waals surface area contributed by atoms with E-state index in [1.807, 2.05) is 6.92 Å². The molecule has 0 saturated heterocycles.